The summed E-state index contributed by atoms with van der Waals surface area (Å²) in [5.41, 5.74) is 0. The minimum absolute atomic E-state index is 0.0442. The lowest BCUT2D eigenvalue weighted by Gasteiger charge is -2.30. The largest absolute Gasteiger partial charge is 0.468 e. The van der Waals surface area contributed by atoms with Gasteiger partial charge in [0.25, 0.3) is 0 Å². The summed E-state index contributed by atoms with van der Waals surface area (Å²) < 4.78 is 4.76. The van der Waals surface area contributed by atoms with Gasteiger partial charge in [0, 0.05) is 18.6 Å². The first-order valence-corrected chi connectivity index (χ1v) is 8.20. The maximum absolute atomic E-state index is 12.8. The molecule has 0 aromatic heterocycles. The van der Waals surface area contributed by atoms with Crippen molar-refractivity contribution in [2.45, 2.75) is 58.0 Å². The van der Waals surface area contributed by atoms with E-state index in [4.69, 9.17) is 4.74 Å². The van der Waals surface area contributed by atoms with E-state index in [9.17, 15) is 9.59 Å². The normalized spacial score (nSPS) is 27.1. The topological polar surface area (TPSA) is 58.6 Å². The van der Waals surface area contributed by atoms with Gasteiger partial charge in [0.1, 0.15) is 6.54 Å². The molecule has 21 heavy (non-hydrogen) atoms. The molecule has 3 atom stereocenters. The summed E-state index contributed by atoms with van der Waals surface area (Å²) in [5, 5.41) is 3.50. The smallest absolute Gasteiger partial charge is 0.325 e. The highest BCUT2D eigenvalue weighted by atomic mass is 16.5. The van der Waals surface area contributed by atoms with E-state index in [1.165, 1.54) is 13.5 Å². The van der Waals surface area contributed by atoms with Crippen LogP contribution >= 0.6 is 0 Å². The molecule has 2 bridgehead atoms. The fraction of sp³-hybridized carbons (Fsp3) is 0.875. The zero-order valence-corrected chi connectivity index (χ0v) is 13.4. The molecule has 2 rings (SSSR count). The Bertz CT molecular complexity index is 382. The Hall–Kier alpha value is -1.10. The van der Waals surface area contributed by atoms with Crippen LogP contribution in [-0.4, -0.2) is 49.1 Å². The van der Waals surface area contributed by atoms with E-state index in [1.807, 2.05) is 0 Å². The molecule has 0 aromatic carbocycles. The van der Waals surface area contributed by atoms with E-state index in [0.717, 1.165) is 25.7 Å². The number of nitrogens with zero attached hydrogens (tertiary/aromatic N) is 1. The maximum atomic E-state index is 12.8. The molecule has 0 radical (unpaired) electrons. The third kappa shape index (κ3) is 3.76. The summed E-state index contributed by atoms with van der Waals surface area (Å²) in [6.07, 6.45) is 5.23. The van der Waals surface area contributed by atoms with Gasteiger partial charge in [-0.1, -0.05) is 26.7 Å². The Kier molecular flexibility index (Phi) is 5.62. The second kappa shape index (κ2) is 7.25. The quantitative estimate of drug-likeness (QED) is 0.724. The highest BCUT2D eigenvalue weighted by Gasteiger charge is 2.44. The van der Waals surface area contributed by atoms with Gasteiger partial charge in [0.2, 0.25) is 5.91 Å². The van der Waals surface area contributed by atoms with Crippen molar-refractivity contribution in [3.63, 3.8) is 0 Å². The van der Waals surface area contributed by atoms with Crippen LogP contribution in [0.15, 0.2) is 0 Å². The third-order valence-corrected chi connectivity index (χ3v) is 5.11. The zero-order chi connectivity index (χ0) is 15.4. The van der Waals surface area contributed by atoms with Crippen LogP contribution in [0.1, 0.15) is 46.0 Å². The molecule has 2 saturated heterocycles. The van der Waals surface area contributed by atoms with Gasteiger partial charge in [0.15, 0.2) is 0 Å². The zero-order valence-electron chi connectivity index (χ0n) is 13.4. The van der Waals surface area contributed by atoms with Crippen molar-refractivity contribution in [2.24, 2.45) is 11.8 Å². The summed E-state index contributed by atoms with van der Waals surface area (Å²) in [6.45, 7) is 5.01. The monoisotopic (exact) mass is 296 g/mol. The van der Waals surface area contributed by atoms with E-state index in [1.54, 1.807) is 4.90 Å². The molecule has 1 amide bonds. The first kappa shape index (κ1) is 16.3. The Morgan fingerprint density at radius 1 is 1.29 bits per heavy atom. The summed E-state index contributed by atoms with van der Waals surface area (Å²) >= 11 is 0. The predicted octanol–water partition coefficient (Wildman–Crippen LogP) is 1.56. The van der Waals surface area contributed by atoms with Crippen molar-refractivity contribution in [3.8, 4) is 0 Å². The van der Waals surface area contributed by atoms with Gasteiger partial charge in [-0.2, -0.15) is 0 Å². The van der Waals surface area contributed by atoms with Crippen molar-refractivity contribution in [2.75, 3.05) is 20.2 Å². The molecular weight excluding hydrogens is 268 g/mol. The van der Waals surface area contributed by atoms with Crippen LogP contribution in [-0.2, 0) is 14.3 Å². The van der Waals surface area contributed by atoms with Gasteiger partial charge in [-0.3, -0.25) is 9.59 Å². The molecule has 3 unspecified atom stereocenters. The Morgan fingerprint density at radius 2 is 2.00 bits per heavy atom. The molecule has 2 aliphatic rings. The lowest BCUT2D eigenvalue weighted by atomic mass is 9.87. The van der Waals surface area contributed by atoms with Crippen LogP contribution in [0.4, 0.5) is 0 Å². The molecule has 5 nitrogen and oxygen atoms in total. The van der Waals surface area contributed by atoms with Crippen molar-refractivity contribution in [1.29, 1.82) is 0 Å². The molecule has 0 spiro atoms. The lowest BCUT2D eigenvalue weighted by molar-refractivity contribution is -0.149. The van der Waals surface area contributed by atoms with Gasteiger partial charge < -0.3 is 15.0 Å². The predicted molar refractivity (Wildman–Crippen MR) is 80.7 cm³/mol. The van der Waals surface area contributed by atoms with Crippen molar-refractivity contribution < 1.29 is 14.3 Å². The van der Waals surface area contributed by atoms with E-state index < -0.39 is 0 Å². The first-order valence-electron chi connectivity index (χ1n) is 8.20. The van der Waals surface area contributed by atoms with Gasteiger partial charge in [0.05, 0.1) is 13.0 Å². The van der Waals surface area contributed by atoms with Gasteiger partial charge in [-0.15, -0.1) is 0 Å². The SMILES string of the molecule is CCC(CC)CN(CC(=O)OC)C(=O)C1CC2CCC1N2. The fourth-order valence-electron chi connectivity index (χ4n) is 3.64. The van der Waals surface area contributed by atoms with Crippen LogP contribution in [0.25, 0.3) is 0 Å². The second-order valence-corrected chi connectivity index (χ2v) is 6.37. The average molecular weight is 296 g/mol. The van der Waals surface area contributed by atoms with Crippen LogP contribution in [0, 0.1) is 11.8 Å². The number of fused-ring (bicyclic) bond motifs is 2. The molecule has 2 fully saturated rings. The van der Waals surface area contributed by atoms with Crippen LogP contribution in [0.2, 0.25) is 0 Å². The fourth-order valence-corrected chi connectivity index (χ4v) is 3.64. The number of hydrogen-bond acceptors (Lipinski definition) is 4. The Balaban J connectivity index is 2.02. The lowest BCUT2D eigenvalue weighted by Crippen LogP contribution is -2.45. The molecule has 2 aliphatic heterocycles. The Morgan fingerprint density at radius 3 is 2.48 bits per heavy atom. The highest BCUT2D eigenvalue weighted by Crippen LogP contribution is 2.34. The van der Waals surface area contributed by atoms with Gasteiger partial charge >= 0.3 is 5.97 Å². The standard InChI is InChI=1S/C16H28N2O3/c1-4-11(5-2)9-18(10-15(19)21-3)16(20)13-8-12-6-7-14(13)17-12/h11-14,17H,4-10H2,1-3H3. The van der Waals surface area contributed by atoms with Crippen molar-refractivity contribution in [3.05, 3.63) is 0 Å². The maximum Gasteiger partial charge on any atom is 0.325 e. The second-order valence-electron chi connectivity index (χ2n) is 6.37. The number of ether oxygens (including phenoxy) is 1. The minimum Gasteiger partial charge on any atom is -0.468 e. The molecule has 2 heterocycles. The third-order valence-electron chi connectivity index (χ3n) is 5.11. The molecule has 120 valence electrons. The summed E-state index contributed by atoms with van der Waals surface area (Å²) in [5.74, 6) is 0.297. The van der Waals surface area contributed by atoms with E-state index in [-0.39, 0.29) is 24.3 Å². The number of carbonyl (C=O) groups is 2. The van der Waals surface area contributed by atoms with Crippen LogP contribution < -0.4 is 5.32 Å². The molecule has 0 aromatic rings. The van der Waals surface area contributed by atoms with Crippen LogP contribution in [0.3, 0.4) is 0 Å². The van der Waals surface area contributed by atoms with E-state index in [2.05, 4.69) is 19.2 Å². The molecular formula is C16H28N2O3. The molecule has 1 N–H and O–H groups in total. The number of hydrogen-bond donors (Lipinski definition) is 1. The van der Waals surface area contributed by atoms with Gasteiger partial charge in [-0.25, -0.2) is 0 Å². The molecule has 5 heteroatoms. The minimum atomic E-state index is -0.328. The number of esters is 1. The number of nitrogens with one attached hydrogen (secondary N) is 1. The van der Waals surface area contributed by atoms with E-state index in [0.29, 0.717) is 24.5 Å². The highest BCUT2D eigenvalue weighted by molar-refractivity contribution is 5.84. The number of rotatable bonds is 7. The molecule has 0 saturated carbocycles. The first-order chi connectivity index (χ1) is 10.1. The summed E-state index contributed by atoms with van der Waals surface area (Å²) in [6, 6.07) is 0.807. The van der Waals surface area contributed by atoms with Gasteiger partial charge in [-0.05, 0) is 25.2 Å². The van der Waals surface area contributed by atoms with Crippen LogP contribution in [0.5, 0.6) is 0 Å². The van der Waals surface area contributed by atoms with E-state index >= 15 is 0 Å². The summed E-state index contributed by atoms with van der Waals surface area (Å²) in [7, 11) is 1.38. The average Bonchev–Trinajstić information content (AvgIpc) is 3.13. The summed E-state index contributed by atoms with van der Waals surface area (Å²) in [4.78, 5) is 26.2. The number of methoxy groups -OCH3 is 1. The molecule has 0 aliphatic carbocycles. The number of amides is 1. The Labute approximate surface area is 127 Å². The number of carbonyl (C=O) groups excluding carboxylic acids is 2. The van der Waals surface area contributed by atoms with Crippen molar-refractivity contribution >= 4 is 11.9 Å². The van der Waals surface area contributed by atoms with Crippen molar-refractivity contribution in [1.82, 2.24) is 10.2 Å².